The van der Waals surface area contributed by atoms with Gasteiger partial charge in [-0.15, -0.1) is 0 Å². The number of hydrogen-bond acceptors (Lipinski definition) is 5. The van der Waals surface area contributed by atoms with Crippen molar-refractivity contribution in [2.45, 2.75) is 64.7 Å². The Morgan fingerprint density at radius 1 is 1.04 bits per heavy atom. The van der Waals surface area contributed by atoms with E-state index in [1.54, 1.807) is 13.8 Å². The van der Waals surface area contributed by atoms with Crippen LogP contribution in [0, 0.1) is 0 Å². The van der Waals surface area contributed by atoms with Crippen LogP contribution in [0.1, 0.15) is 63.3 Å². The van der Waals surface area contributed by atoms with E-state index >= 15 is 0 Å². The number of pyridine rings is 1. The second-order valence-corrected chi connectivity index (χ2v) is 7.24. The van der Waals surface area contributed by atoms with Gasteiger partial charge in [0.2, 0.25) is 5.41 Å². The lowest BCUT2D eigenvalue weighted by atomic mass is 9.84. The number of fused-ring (bicyclic) bond motifs is 2. The van der Waals surface area contributed by atoms with Gasteiger partial charge < -0.3 is 9.47 Å². The molecule has 2 aromatic rings. The van der Waals surface area contributed by atoms with Gasteiger partial charge in [0.1, 0.15) is 0 Å². The largest absolute Gasteiger partial charge is 0.465 e. The first kappa shape index (κ1) is 20.3. The number of aryl methyl sites for hydroxylation is 1. The van der Waals surface area contributed by atoms with Crippen molar-refractivity contribution in [2.75, 3.05) is 13.2 Å². The Morgan fingerprint density at radius 3 is 2.36 bits per heavy atom. The Morgan fingerprint density at radius 2 is 1.71 bits per heavy atom. The second-order valence-electron chi connectivity index (χ2n) is 7.24. The molecule has 5 heteroatoms. The van der Waals surface area contributed by atoms with Gasteiger partial charge >= 0.3 is 11.9 Å². The number of carbonyl (C=O) groups is 2. The highest BCUT2D eigenvalue weighted by Crippen LogP contribution is 2.43. The van der Waals surface area contributed by atoms with Gasteiger partial charge in [-0.05, 0) is 56.7 Å². The Kier molecular flexibility index (Phi) is 6.32. The van der Waals surface area contributed by atoms with Crippen LogP contribution >= 0.6 is 0 Å². The van der Waals surface area contributed by atoms with E-state index in [9.17, 15) is 9.59 Å². The summed E-state index contributed by atoms with van der Waals surface area (Å²) in [6.07, 6.45) is 5.26. The van der Waals surface area contributed by atoms with Crippen molar-refractivity contribution in [1.29, 1.82) is 0 Å². The fourth-order valence-electron chi connectivity index (χ4n) is 4.20. The molecule has 0 radical (unpaired) electrons. The Bertz CT molecular complexity index is 856. The van der Waals surface area contributed by atoms with E-state index < -0.39 is 17.4 Å². The predicted octanol–water partition coefficient (Wildman–Crippen LogP) is 4.28. The predicted molar refractivity (Wildman–Crippen MR) is 108 cm³/mol. The zero-order chi connectivity index (χ0) is 20.1. The minimum atomic E-state index is -1.45. The van der Waals surface area contributed by atoms with Crippen LogP contribution in [0.4, 0.5) is 0 Å². The van der Waals surface area contributed by atoms with Crippen LogP contribution in [0.2, 0.25) is 0 Å². The van der Waals surface area contributed by atoms with Gasteiger partial charge in [-0.25, -0.2) is 0 Å². The monoisotopic (exact) mass is 383 g/mol. The molecule has 0 atom stereocenters. The molecule has 1 aliphatic carbocycles. The summed E-state index contributed by atoms with van der Waals surface area (Å²) in [5, 5.41) is 1.11. The molecule has 28 heavy (non-hydrogen) atoms. The molecule has 1 heterocycles. The van der Waals surface area contributed by atoms with E-state index in [0.29, 0.717) is 18.5 Å². The quantitative estimate of drug-likeness (QED) is 0.387. The minimum Gasteiger partial charge on any atom is -0.465 e. The first-order chi connectivity index (χ1) is 13.6. The molecule has 5 nitrogen and oxygen atoms in total. The third-order valence-electron chi connectivity index (χ3n) is 5.54. The number of ether oxygens (including phenoxy) is 2. The van der Waals surface area contributed by atoms with Gasteiger partial charge in [-0.3, -0.25) is 14.6 Å². The van der Waals surface area contributed by atoms with Crippen LogP contribution in [0.25, 0.3) is 10.9 Å². The summed E-state index contributed by atoms with van der Waals surface area (Å²) in [4.78, 5) is 30.8. The molecule has 1 aromatic heterocycles. The molecule has 0 saturated carbocycles. The molecule has 0 amide bonds. The smallest absolute Gasteiger partial charge is 0.329 e. The van der Waals surface area contributed by atoms with Crippen molar-refractivity contribution in [3.8, 4) is 0 Å². The summed E-state index contributed by atoms with van der Waals surface area (Å²) in [6.45, 7) is 6.10. The number of unbranched alkanes of at least 4 members (excludes halogenated alkanes) is 2. The van der Waals surface area contributed by atoms with Crippen molar-refractivity contribution in [2.24, 2.45) is 0 Å². The van der Waals surface area contributed by atoms with Gasteiger partial charge in [0.25, 0.3) is 0 Å². The summed E-state index contributed by atoms with van der Waals surface area (Å²) in [5.74, 6) is -1.09. The number of rotatable bonds is 8. The molecule has 1 aliphatic rings. The Balaban J connectivity index is 2.20. The van der Waals surface area contributed by atoms with Crippen LogP contribution in [-0.2, 0) is 37.3 Å². The van der Waals surface area contributed by atoms with Crippen LogP contribution < -0.4 is 0 Å². The standard InChI is InChI=1S/C23H29NO4/c1-4-7-8-11-16-17-12-9-10-13-19(17)24-20-18(16)14-15-23(20,21(25)27-5-2)22(26)28-6-3/h9-10,12-13H,4-8,11,14-15H2,1-3H3. The van der Waals surface area contributed by atoms with E-state index in [0.717, 1.165) is 42.1 Å². The number of nitrogens with zero attached hydrogens (tertiary/aromatic N) is 1. The van der Waals surface area contributed by atoms with Crippen molar-refractivity contribution in [3.63, 3.8) is 0 Å². The van der Waals surface area contributed by atoms with Gasteiger partial charge in [0.05, 0.1) is 24.4 Å². The van der Waals surface area contributed by atoms with Gasteiger partial charge in [0, 0.05) is 5.39 Å². The van der Waals surface area contributed by atoms with Crippen molar-refractivity contribution in [3.05, 3.63) is 41.1 Å². The highest BCUT2D eigenvalue weighted by molar-refractivity contribution is 6.07. The molecule has 3 rings (SSSR count). The highest BCUT2D eigenvalue weighted by Gasteiger charge is 2.56. The van der Waals surface area contributed by atoms with E-state index in [1.807, 2.05) is 18.2 Å². The lowest BCUT2D eigenvalue weighted by molar-refractivity contribution is -0.165. The van der Waals surface area contributed by atoms with Gasteiger partial charge in [0.15, 0.2) is 0 Å². The molecule has 0 spiro atoms. The van der Waals surface area contributed by atoms with Crippen LogP contribution in [0.5, 0.6) is 0 Å². The maximum absolute atomic E-state index is 13.0. The number of hydrogen-bond donors (Lipinski definition) is 0. The average Bonchev–Trinajstić information content (AvgIpc) is 3.08. The van der Waals surface area contributed by atoms with Crippen LogP contribution in [0.15, 0.2) is 24.3 Å². The summed E-state index contributed by atoms with van der Waals surface area (Å²) in [5.41, 5.74) is 2.13. The normalized spacial score (nSPS) is 14.7. The van der Waals surface area contributed by atoms with Gasteiger partial charge in [-0.1, -0.05) is 38.0 Å². The van der Waals surface area contributed by atoms with E-state index in [1.165, 1.54) is 5.56 Å². The number of esters is 2. The number of benzene rings is 1. The maximum atomic E-state index is 13.0. The molecule has 0 aliphatic heterocycles. The lowest BCUT2D eigenvalue weighted by Gasteiger charge is -2.25. The molecular formula is C23H29NO4. The summed E-state index contributed by atoms with van der Waals surface area (Å²) < 4.78 is 10.6. The Hall–Kier alpha value is -2.43. The van der Waals surface area contributed by atoms with E-state index in [-0.39, 0.29) is 13.2 Å². The molecule has 0 fully saturated rings. The van der Waals surface area contributed by atoms with Crippen molar-refractivity contribution in [1.82, 2.24) is 4.98 Å². The first-order valence-corrected chi connectivity index (χ1v) is 10.4. The molecule has 150 valence electrons. The molecule has 0 saturated heterocycles. The zero-order valence-corrected chi connectivity index (χ0v) is 17.0. The second kappa shape index (κ2) is 8.72. The summed E-state index contributed by atoms with van der Waals surface area (Å²) in [6, 6.07) is 7.97. The van der Waals surface area contributed by atoms with Crippen LogP contribution in [0.3, 0.4) is 0 Å². The fourth-order valence-corrected chi connectivity index (χ4v) is 4.20. The third-order valence-corrected chi connectivity index (χ3v) is 5.54. The highest BCUT2D eigenvalue weighted by atomic mass is 16.6. The molecular weight excluding hydrogens is 354 g/mol. The Labute approximate surface area is 166 Å². The molecule has 0 bridgehead atoms. The molecule has 0 unspecified atom stereocenters. The topological polar surface area (TPSA) is 65.5 Å². The number of para-hydroxylation sites is 1. The van der Waals surface area contributed by atoms with Crippen molar-refractivity contribution < 1.29 is 19.1 Å². The fraction of sp³-hybridized carbons (Fsp3) is 0.522. The van der Waals surface area contributed by atoms with E-state index in [4.69, 9.17) is 14.5 Å². The minimum absolute atomic E-state index is 0.215. The number of aromatic nitrogens is 1. The summed E-state index contributed by atoms with van der Waals surface area (Å²) >= 11 is 0. The van der Waals surface area contributed by atoms with Crippen LogP contribution in [-0.4, -0.2) is 30.1 Å². The molecule has 0 N–H and O–H groups in total. The van der Waals surface area contributed by atoms with Gasteiger partial charge in [-0.2, -0.15) is 0 Å². The lowest BCUT2D eigenvalue weighted by Crippen LogP contribution is -2.45. The van der Waals surface area contributed by atoms with E-state index in [2.05, 4.69) is 13.0 Å². The maximum Gasteiger partial charge on any atom is 0.329 e. The van der Waals surface area contributed by atoms with Crippen molar-refractivity contribution >= 4 is 22.8 Å². The zero-order valence-electron chi connectivity index (χ0n) is 17.0. The number of carbonyl (C=O) groups excluding carboxylic acids is 2. The molecule has 1 aromatic carbocycles. The summed E-state index contributed by atoms with van der Waals surface area (Å²) in [7, 11) is 0. The first-order valence-electron chi connectivity index (χ1n) is 10.4. The third kappa shape index (κ3) is 3.38. The SMILES string of the molecule is CCCCCc1c2c(nc3ccccc13)C(C(=O)OCC)(C(=O)OCC)CC2. The average molecular weight is 383 g/mol.